The molecule has 3 heteroatoms. The van der Waals surface area contributed by atoms with E-state index < -0.39 is 44.8 Å². The van der Waals surface area contributed by atoms with Gasteiger partial charge in [-0.15, -0.1) is 0 Å². The summed E-state index contributed by atoms with van der Waals surface area (Å²) in [6, 6.07) is 27.8. The molecule has 0 aromatic heterocycles. The second-order valence-electron chi connectivity index (χ2n) is 18.1. The summed E-state index contributed by atoms with van der Waals surface area (Å²) < 4.78 is 14.4. The van der Waals surface area contributed by atoms with Crippen molar-refractivity contribution in [3.05, 3.63) is 78.2 Å². The van der Waals surface area contributed by atoms with Gasteiger partial charge < -0.3 is 0 Å². The molecule has 0 unspecified atom stereocenters. The van der Waals surface area contributed by atoms with Gasteiger partial charge in [0.2, 0.25) is 0 Å². The molecule has 0 radical (unpaired) electrons. The number of hydrogen-bond donors (Lipinski definition) is 0. The Balaban J connectivity index is 2.78. The van der Waals surface area contributed by atoms with Gasteiger partial charge in [-0.05, 0) is 0 Å². The zero-order chi connectivity index (χ0) is 39.8. The summed E-state index contributed by atoms with van der Waals surface area (Å²) in [4.78, 5) is 0. The van der Waals surface area contributed by atoms with Crippen molar-refractivity contribution in [2.75, 3.05) is 0 Å². The molecule has 2 aromatic carbocycles. The Hall–Kier alpha value is -0.266. The van der Waals surface area contributed by atoms with Gasteiger partial charge in [0.1, 0.15) is 0 Å². The van der Waals surface area contributed by atoms with Crippen molar-refractivity contribution in [2.45, 2.75) is 223 Å². The number of hydrogen-bond acceptors (Lipinski definition) is 0. The molecule has 0 N–H and O–H groups in total. The van der Waals surface area contributed by atoms with E-state index in [4.69, 9.17) is 0 Å². The minimum atomic E-state index is -3.03. The van der Waals surface area contributed by atoms with Crippen molar-refractivity contribution < 1.29 is 0 Å². The number of rotatable bonds is 32. The quantitative estimate of drug-likeness (QED) is 0.0506. The Morgan fingerprint density at radius 2 is 0.600 bits per heavy atom. The first-order valence-electron chi connectivity index (χ1n) is 24.6. The first-order valence-corrected chi connectivity index (χ1v) is 41.9. The van der Waals surface area contributed by atoms with Crippen molar-refractivity contribution in [2.24, 2.45) is 0 Å². The molecule has 0 bridgehead atoms. The van der Waals surface area contributed by atoms with Gasteiger partial charge >= 0.3 is 357 Å². The zero-order valence-corrected chi connectivity index (χ0v) is 44.8. The van der Waals surface area contributed by atoms with E-state index in [1.54, 1.807) is 49.8 Å². The van der Waals surface area contributed by atoms with Crippen LogP contribution < -0.4 is 0 Å². The van der Waals surface area contributed by atoms with Crippen LogP contribution >= 0.6 is 0 Å². The van der Waals surface area contributed by atoms with E-state index in [1.165, 1.54) is 128 Å². The van der Waals surface area contributed by atoms with Crippen LogP contribution in [0, 0.1) is 0 Å². The van der Waals surface area contributed by atoms with Gasteiger partial charge in [0.25, 0.3) is 0 Å². The first-order chi connectivity index (χ1) is 26.9. The fourth-order valence-electron chi connectivity index (χ4n) is 11.1. The van der Waals surface area contributed by atoms with Gasteiger partial charge in [0.15, 0.2) is 0 Å². The van der Waals surface area contributed by atoms with E-state index in [9.17, 15) is 0 Å². The molecular formula is C52H90SiSn2. The second-order valence-corrected chi connectivity index (χ2v) is 51.2. The fraction of sp³-hybridized carbons (Fsp3) is 0.692. The average Bonchev–Trinajstić information content (AvgIpc) is 3.53. The van der Waals surface area contributed by atoms with Gasteiger partial charge in [0.05, 0.1) is 0 Å². The Morgan fingerprint density at radius 3 is 0.855 bits per heavy atom. The monoisotopic (exact) mass is 982 g/mol. The molecule has 0 atom stereocenters. The predicted molar refractivity (Wildman–Crippen MR) is 260 cm³/mol. The van der Waals surface area contributed by atoms with Gasteiger partial charge in [-0.25, -0.2) is 0 Å². The summed E-state index contributed by atoms with van der Waals surface area (Å²) in [6.45, 7) is 20.0. The zero-order valence-electron chi connectivity index (χ0n) is 38.1. The van der Waals surface area contributed by atoms with Crippen LogP contribution in [0.1, 0.15) is 195 Å². The first kappa shape index (κ1) is 49.1. The van der Waals surface area contributed by atoms with E-state index in [1.807, 2.05) is 11.1 Å². The maximum atomic E-state index is 2.60. The van der Waals surface area contributed by atoms with Gasteiger partial charge in [0, 0.05) is 0 Å². The molecule has 0 amide bonds. The normalized spacial score (nSPS) is 14.8. The standard InChI is InChI=1S/C28H36Si.6C4H9.2Sn/c1-3-5-7-15-21-29(22-16-8-6-4-2)23-27(25-17-11-9-12-18-25)28(24-29)26-19-13-10-14-20-26;6*1-3-4-2;;/h9-14,17-20H,3-8,15-16,21-22H2,1-2H3;6*1,3-4H2,2H3;;. The molecule has 1 aliphatic heterocycles. The van der Waals surface area contributed by atoms with Crippen molar-refractivity contribution in [3.63, 3.8) is 0 Å². The Kier molecular flexibility index (Phi) is 24.5. The van der Waals surface area contributed by atoms with Crippen LogP contribution in [0.2, 0.25) is 38.7 Å². The van der Waals surface area contributed by atoms with Gasteiger partial charge in [-0.3, -0.25) is 0 Å². The van der Waals surface area contributed by atoms with Crippen LogP contribution in [0.5, 0.6) is 0 Å². The van der Waals surface area contributed by atoms with Crippen LogP contribution in [0.25, 0.3) is 11.1 Å². The number of unbranched alkanes of at least 4 members (excludes halogenated alkanes) is 12. The van der Waals surface area contributed by atoms with E-state index >= 15 is 0 Å². The molecular weight excluding hydrogens is 890 g/mol. The fourth-order valence-corrected chi connectivity index (χ4v) is 80.5. The third kappa shape index (κ3) is 13.4. The molecule has 0 nitrogen and oxygen atoms in total. The summed E-state index contributed by atoms with van der Waals surface area (Å²) >= 11 is -6.07. The van der Waals surface area contributed by atoms with Crippen LogP contribution in [-0.4, -0.2) is 44.8 Å². The van der Waals surface area contributed by atoms with Gasteiger partial charge in [-0.2, -0.15) is 0 Å². The van der Waals surface area contributed by atoms with Crippen LogP contribution in [-0.2, 0) is 0 Å². The Bertz CT molecular complexity index is 1210. The molecule has 0 saturated heterocycles. The van der Waals surface area contributed by atoms with E-state index in [2.05, 4.69) is 122 Å². The molecule has 3 rings (SSSR count). The SMILES string of the molecule is CCCCCC[Si]1(CCCCCC)[C]([Sn]([CH2]CCC)([CH2]CCC)[CH2]CCC)=C(c2ccccc2)C(c2ccccc2)=[C]1[Sn]([CH2]CCC)([CH2]CCC)[CH2]CCC. The van der Waals surface area contributed by atoms with E-state index in [0.29, 0.717) is 0 Å². The number of allylic oxidation sites excluding steroid dienone is 2. The minimum absolute atomic E-state index is 1.35. The third-order valence-corrected chi connectivity index (χ3v) is 63.9. The molecule has 1 heterocycles. The summed E-state index contributed by atoms with van der Waals surface area (Å²) in [7, 11) is -2.11. The number of benzene rings is 2. The molecule has 0 spiro atoms. The summed E-state index contributed by atoms with van der Waals surface area (Å²) in [5.74, 6) is 0. The molecule has 0 saturated carbocycles. The third-order valence-electron chi connectivity index (χ3n) is 13.9. The van der Waals surface area contributed by atoms with E-state index in [-0.39, 0.29) is 0 Å². The van der Waals surface area contributed by atoms with Gasteiger partial charge in [-0.1, -0.05) is 0 Å². The molecule has 55 heavy (non-hydrogen) atoms. The predicted octanol–water partition coefficient (Wildman–Crippen LogP) is 18.4. The maximum absolute atomic E-state index is 3.03. The van der Waals surface area contributed by atoms with Crippen molar-refractivity contribution >= 4 is 56.0 Å². The molecule has 0 fully saturated rings. The molecule has 310 valence electrons. The van der Waals surface area contributed by atoms with Crippen LogP contribution in [0.15, 0.2) is 67.1 Å². The molecule has 2 aromatic rings. The summed E-state index contributed by atoms with van der Waals surface area (Å²) in [5.41, 5.74) is 7.06. The summed E-state index contributed by atoms with van der Waals surface area (Å²) in [6.07, 6.45) is 28.4. The Labute approximate surface area is 353 Å². The van der Waals surface area contributed by atoms with Crippen LogP contribution in [0.3, 0.4) is 0 Å². The molecule has 0 aliphatic carbocycles. The van der Waals surface area contributed by atoms with Crippen molar-refractivity contribution in [1.82, 2.24) is 0 Å². The second kappa shape index (κ2) is 27.5. The topological polar surface area (TPSA) is 0 Å². The Morgan fingerprint density at radius 1 is 0.327 bits per heavy atom. The van der Waals surface area contributed by atoms with Crippen LogP contribution in [0.4, 0.5) is 0 Å². The molecule has 1 aliphatic rings. The average molecular weight is 981 g/mol. The van der Waals surface area contributed by atoms with Crippen molar-refractivity contribution in [3.8, 4) is 0 Å². The summed E-state index contributed by atoms with van der Waals surface area (Å²) in [5, 5.41) is 0. The van der Waals surface area contributed by atoms with Crippen molar-refractivity contribution in [1.29, 1.82) is 0 Å². The van der Waals surface area contributed by atoms with E-state index in [0.717, 1.165) is 0 Å².